The quantitative estimate of drug-likeness (QED) is 0.712. The number of rotatable bonds is 2. The Hall–Kier alpha value is -0.410. The van der Waals surface area contributed by atoms with E-state index in [1.807, 2.05) is 0 Å². The van der Waals surface area contributed by atoms with Gasteiger partial charge >= 0.3 is 0 Å². The van der Waals surface area contributed by atoms with Gasteiger partial charge < -0.3 is 4.42 Å². The van der Waals surface area contributed by atoms with Crippen molar-refractivity contribution < 1.29 is 9.21 Å². The van der Waals surface area contributed by atoms with E-state index >= 15 is 0 Å². The van der Waals surface area contributed by atoms with E-state index in [1.54, 1.807) is 23.9 Å². The summed E-state index contributed by atoms with van der Waals surface area (Å²) in [5, 5.41) is 0.369. The first-order valence-corrected chi connectivity index (χ1v) is 5.61. The van der Waals surface area contributed by atoms with Crippen molar-refractivity contribution in [3.05, 3.63) is 23.1 Å². The molecule has 2 nitrogen and oxygen atoms in total. The van der Waals surface area contributed by atoms with Crippen LogP contribution < -0.4 is 0 Å². The van der Waals surface area contributed by atoms with Crippen LogP contribution in [0.25, 0.3) is 0 Å². The number of halogens is 1. The summed E-state index contributed by atoms with van der Waals surface area (Å²) in [5.74, 6) is 1.55. The van der Waals surface area contributed by atoms with Crippen molar-refractivity contribution >= 4 is 29.1 Å². The zero-order valence-corrected chi connectivity index (χ0v) is 8.53. The lowest BCUT2D eigenvalue weighted by atomic mass is 10.1. The topological polar surface area (TPSA) is 30.2 Å². The molecule has 70 valence electrons. The van der Waals surface area contributed by atoms with Crippen molar-refractivity contribution in [2.75, 3.05) is 5.75 Å². The second-order valence-electron chi connectivity index (χ2n) is 2.97. The molecule has 1 atom stereocenters. The highest BCUT2D eigenvalue weighted by molar-refractivity contribution is 8.00. The molecule has 0 aliphatic carbocycles. The molecule has 1 aliphatic heterocycles. The number of furan rings is 1. The predicted molar refractivity (Wildman–Crippen MR) is 53.5 cm³/mol. The van der Waals surface area contributed by atoms with Crippen LogP contribution in [-0.4, -0.2) is 16.8 Å². The van der Waals surface area contributed by atoms with E-state index < -0.39 is 0 Å². The summed E-state index contributed by atoms with van der Waals surface area (Å²) in [7, 11) is 0. The van der Waals surface area contributed by atoms with E-state index in [0.717, 1.165) is 18.6 Å². The molecule has 13 heavy (non-hydrogen) atoms. The van der Waals surface area contributed by atoms with Gasteiger partial charge in [0, 0.05) is 0 Å². The fraction of sp³-hybridized carbons (Fsp3) is 0.444. The SMILES string of the molecule is O=C(c1ccc(Cl)o1)C1CCCS1. The summed E-state index contributed by atoms with van der Waals surface area (Å²) in [4.78, 5) is 11.7. The van der Waals surface area contributed by atoms with Crippen LogP contribution in [-0.2, 0) is 0 Å². The second-order valence-corrected chi connectivity index (χ2v) is 4.65. The highest BCUT2D eigenvalue weighted by atomic mass is 35.5. The Morgan fingerprint density at radius 3 is 3.00 bits per heavy atom. The number of Topliss-reactive ketones (excluding diaryl/α,β-unsaturated/α-hetero) is 1. The molecule has 0 amide bonds. The van der Waals surface area contributed by atoms with Crippen LogP contribution in [0.2, 0.25) is 5.22 Å². The third-order valence-corrected chi connectivity index (χ3v) is 3.62. The standard InChI is InChI=1S/C9H9ClO2S/c10-8-4-3-6(12-8)9(11)7-2-1-5-13-7/h3-4,7H,1-2,5H2. The fourth-order valence-corrected chi connectivity index (χ4v) is 2.75. The van der Waals surface area contributed by atoms with Crippen molar-refractivity contribution in [3.63, 3.8) is 0 Å². The molecule has 2 rings (SSSR count). The number of hydrogen-bond acceptors (Lipinski definition) is 3. The van der Waals surface area contributed by atoms with Gasteiger partial charge in [0.2, 0.25) is 5.78 Å². The van der Waals surface area contributed by atoms with Gasteiger partial charge in [0.1, 0.15) is 0 Å². The van der Waals surface area contributed by atoms with E-state index in [0.29, 0.717) is 5.76 Å². The van der Waals surface area contributed by atoms with Crippen molar-refractivity contribution in [3.8, 4) is 0 Å². The zero-order chi connectivity index (χ0) is 9.26. The highest BCUT2D eigenvalue weighted by Crippen LogP contribution is 2.29. The maximum atomic E-state index is 11.7. The van der Waals surface area contributed by atoms with Crippen molar-refractivity contribution in [2.45, 2.75) is 18.1 Å². The van der Waals surface area contributed by atoms with Crippen LogP contribution in [0.15, 0.2) is 16.5 Å². The van der Waals surface area contributed by atoms with E-state index in [4.69, 9.17) is 16.0 Å². The van der Waals surface area contributed by atoms with Gasteiger partial charge in [-0.25, -0.2) is 0 Å². The molecule has 0 radical (unpaired) electrons. The van der Waals surface area contributed by atoms with Crippen molar-refractivity contribution in [1.29, 1.82) is 0 Å². The Balaban J connectivity index is 2.12. The third kappa shape index (κ3) is 1.92. The zero-order valence-electron chi connectivity index (χ0n) is 6.96. The van der Waals surface area contributed by atoms with Crippen LogP contribution >= 0.6 is 23.4 Å². The summed E-state index contributed by atoms with van der Waals surface area (Å²) in [5.41, 5.74) is 0. The van der Waals surface area contributed by atoms with Crippen LogP contribution in [0, 0.1) is 0 Å². The number of ketones is 1. The average Bonchev–Trinajstić information content (AvgIpc) is 2.72. The van der Waals surface area contributed by atoms with Gasteiger partial charge in [-0.05, 0) is 42.3 Å². The summed E-state index contributed by atoms with van der Waals surface area (Å²) < 4.78 is 5.06. The Labute approximate surface area is 85.6 Å². The first-order valence-electron chi connectivity index (χ1n) is 4.18. The maximum Gasteiger partial charge on any atom is 0.210 e. The first kappa shape index (κ1) is 9.16. The molecule has 1 fully saturated rings. The molecule has 2 heterocycles. The van der Waals surface area contributed by atoms with Gasteiger partial charge in [-0.15, -0.1) is 0 Å². The molecule has 1 aromatic rings. The maximum absolute atomic E-state index is 11.7. The molecule has 0 aromatic carbocycles. The first-order chi connectivity index (χ1) is 6.27. The fourth-order valence-electron chi connectivity index (χ4n) is 1.39. The molecule has 4 heteroatoms. The summed E-state index contributed by atoms with van der Waals surface area (Å²) in [6.07, 6.45) is 2.08. The Kier molecular flexibility index (Phi) is 2.65. The predicted octanol–water partition coefficient (Wildman–Crippen LogP) is 3.01. The van der Waals surface area contributed by atoms with Gasteiger partial charge in [-0.3, -0.25) is 4.79 Å². The van der Waals surface area contributed by atoms with E-state index in [2.05, 4.69) is 0 Å². The van der Waals surface area contributed by atoms with Crippen molar-refractivity contribution in [2.24, 2.45) is 0 Å². The van der Waals surface area contributed by atoms with Crippen LogP contribution in [0.1, 0.15) is 23.4 Å². The largest absolute Gasteiger partial charge is 0.442 e. The summed E-state index contributed by atoms with van der Waals surface area (Å²) >= 11 is 7.29. The van der Waals surface area contributed by atoms with Gasteiger partial charge in [0.25, 0.3) is 0 Å². The average molecular weight is 217 g/mol. The van der Waals surface area contributed by atoms with Gasteiger partial charge in [0.05, 0.1) is 5.25 Å². The molecule has 1 aliphatic rings. The minimum Gasteiger partial charge on any atom is -0.442 e. The number of carbonyl (C=O) groups is 1. The summed E-state index contributed by atoms with van der Waals surface area (Å²) in [6, 6.07) is 3.25. The molecular weight excluding hydrogens is 208 g/mol. The van der Waals surface area contributed by atoms with E-state index in [9.17, 15) is 4.79 Å². The minimum atomic E-state index is 0.0781. The molecule has 0 spiro atoms. The lowest BCUT2D eigenvalue weighted by Gasteiger charge is -2.02. The lowest BCUT2D eigenvalue weighted by molar-refractivity contribution is 0.0962. The molecular formula is C9H9ClO2S. The van der Waals surface area contributed by atoms with Crippen LogP contribution in [0.4, 0.5) is 0 Å². The lowest BCUT2D eigenvalue weighted by Crippen LogP contribution is -2.12. The van der Waals surface area contributed by atoms with Crippen LogP contribution in [0.5, 0.6) is 0 Å². The van der Waals surface area contributed by atoms with Crippen molar-refractivity contribution in [1.82, 2.24) is 0 Å². The molecule has 0 N–H and O–H groups in total. The Morgan fingerprint density at radius 2 is 2.46 bits per heavy atom. The van der Waals surface area contributed by atoms with E-state index in [1.165, 1.54) is 0 Å². The second kappa shape index (κ2) is 3.76. The van der Waals surface area contributed by atoms with Crippen LogP contribution in [0.3, 0.4) is 0 Å². The Morgan fingerprint density at radius 1 is 1.62 bits per heavy atom. The Bertz CT molecular complexity index is 315. The normalized spacial score (nSPS) is 22.1. The monoisotopic (exact) mass is 216 g/mol. The smallest absolute Gasteiger partial charge is 0.210 e. The van der Waals surface area contributed by atoms with Gasteiger partial charge in [0.15, 0.2) is 11.0 Å². The molecule has 0 saturated carbocycles. The minimum absolute atomic E-state index is 0.0781. The van der Waals surface area contributed by atoms with Gasteiger partial charge in [-0.2, -0.15) is 11.8 Å². The summed E-state index contributed by atoms with van der Waals surface area (Å²) in [6.45, 7) is 0. The number of hydrogen-bond donors (Lipinski definition) is 0. The highest BCUT2D eigenvalue weighted by Gasteiger charge is 2.26. The molecule has 1 saturated heterocycles. The molecule has 1 unspecified atom stereocenters. The van der Waals surface area contributed by atoms with Gasteiger partial charge in [-0.1, -0.05) is 0 Å². The third-order valence-electron chi connectivity index (χ3n) is 2.04. The number of thioether (sulfide) groups is 1. The number of carbonyl (C=O) groups excluding carboxylic acids is 1. The van der Waals surface area contributed by atoms with E-state index in [-0.39, 0.29) is 16.3 Å². The molecule has 0 bridgehead atoms. The molecule has 1 aromatic heterocycles.